The minimum Gasteiger partial charge on any atom is -0.463 e. The van der Waals surface area contributed by atoms with Gasteiger partial charge in [0.2, 0.25) is 12.2 Å². The van der Waals surface area contributed by atoms with Gasteiger partial charge in [-0.05, 0) is 19.3 Å². The van der Waals surface area contributed by atoms with Crippen molar-refractivity contribution >= 4 is 18.1 Å². The molecular weight excluding hydrogens is 238 g/mol. The molecule has 0 fully saturated rings. The molecule has 1 unspecified atom stereocenters. The Morgan fingerprint density at radius 2 is 1.83 bits per heavy atom. The highest BCUT2D eigenvalue weighted by atomic mass is 16.5. The van der Waals surface area contributed by atoms with Gasteiger partial charge < -0.3 is 4.74 Å². The molecule has 0 amide bonds. The minimum absolute atomic E-state index is 0.0400. The SMILES string of the molecule is N#CC(CCCCN=C=O)C(=O)OCCN=C=O. The molecule has 0 aromatic carbocycles. The molecule has 0 heterocycles. The van der Waals surface area contributed by atoms with Crippen molar-refractivity contribution in [2.45, 2.75) is 19.3 Å². The van der Waals surface area contributed by atoms with E-state index in [1.54, 1.807) is 0 Å². The molecule has 0 bridgehead atoms. The third-order valence-electron chi connectivity index (χ3n) is 2.03. The Bertz CT molecular complexity index is 390. The third kappa shape index (κ3) is 7.94. The highest BCUT2D eigenvalue weighted by Gasteiger charge is 2.18. The molecule has 18 heavy (non-hydrogen) atoms. The van der Waals surface area contributed by atoms with Gasteiger partial charge in [0.15, 0.2) is 0 Å². The van der Waals surface area contributed by atoms with Crippen LogP contribution < -0.4 is 0 Å². The Kier molecular flexibility index (Phi) is 9.79. The zero-order chi connectivity index (χ0) is 13.6. The Balaban J connectivity index is 3.86. The summed E-state index contributed by atoms with van der Waals surface area (Å²) in [6.45, 7) is 0.341. The summed E-state index contributed by atoms with van der Waals surface area (Å²) in [7, 11) is 0. The van der Waals surface area contributed by atoms with Crippen LogP contribution in [-0.4, -0.2) is 37.8 Å². The van der Waals surface area contributed by atoms with Crippen LogP contribution in [0, 0.1) is 17.2 Å². The van der Waals surface area contributed by atoms with Crippen LogP contribution in [0.4, 0.5) is 0 Å². The van der Waals surface area contributed by atoms with Crippen molar-refractivity contribution in [3.8, 4) is 6.07 Å². The highest BCUT2D eigenvalue weighted by Crippen LogP contribution is 2.09. The summed E-state index contributed by atoms with van der Waals surface area (Å²) in [4.78, 5) is 37.5. The van der Waals surface area contributed by atoms with Crippen molar-refractivity contribution in [1.29, 1.82) is 5.26 Å². The van der Waals surface area contributed by atoms with E-state index in [1.807, 2.05) is 6.07 Å². The van der Waals surface area contributed by atoms with Gasteiger partial charge in [0.25, 0.3) is 0 Å². The molecule has 1 atom stereocenters. The molecule has 0 rings (SSSR count). The molecular formula is C11H13N3O4. The summed E-state index contributed by atoms with van der Waals surface area (Å²) in [5.74, 6) is -1.47. The molecule has 0 saturated heterocycles. The molecule has 0 aromatic heterocycles. The van der Waals surface area contributed by atoms with Crippen LogP contribution in [0.15, 0.2) is 9.98 Å². The van der Waals surface area contributed by atoms with E-state index in [4.69, 9.17) is 10.00 Å². The van der Waals surface area contributed by atoms with Crippen molar-refractivity contribution in [1.82, 2.24) is 0 Å². The van der Waals surface area contributed by atoms with Gasteiger partial charge in [-0.3, -0.25) is 4.79 Å². The Hall–Kier alpha value is -2.28. The maximum absolute atomic E-state index is 11.4. The molecule has 0 N–H and O–H groups in total. The number of rotatable bonds is 9. The zero-order valence-electron chi connectivity index (χ0n) is 9.79. The number of hydrogen-bond donors (Lipinski definition) is 0. The summed E-state index contributed by atoms with van der Waals surface area (Å²) >= 11 is 0. The number of carbonyl (C=O) groups excluding carboxylic acids is 3. The fourth-order valence-corrected chi connectivity index (χ4v) is 1.16. The number of unbranched alkanes of at least 4 members (excludes halogenated alkanes) is 1. The lowest BCUT2D eigenvalue weighted by molar-refractivity contribution is -0.146. The molecule has 0 spiro atoms. The lowest BCUT2D eigenvalue weighted by atomic mass is 10.0. The number of aliphatic imine (C=N–C) groups is 2. The first-order chi connectivity index (χ1) is 8.76. The van der Waals surface area contributed by atoms with Gasteiger partial charge in [-0.15, -0.1) is 0 Å². The maximum Gasteiger partial charge on any atom is 0.323 e. The summed E-state index contributed by atoms with van der Waals surface area (Å²) in [5, 5.41) is 8.78. The molecule has 0 aliphatic carbocycles. The molecule has 7 heteroatoms. The number of nitriles is 1. The zero-order valence-corrected chi connectivity index (χ0v) is 9.79. The smallest absolute Gasteiger partial charge is 0.323 e. The van der Waals surface area contributed by atoms with Gasteiger partial charge in [0, 0.05) is 0 Å². The topological polar surface area (TPSA) is 109 Å². The van der Waals surface area contributed by atoms with Crippen LogP contribution in [0.2, 0.25) is 0 Å². The summed E-state index contributed by atoms with van der Waals surface area (Å²) in [5.41, 5.74) is 0. The lowest BCUT2D eigenvalue weighted by Gasteiger charge is -2.07. The molecule has 0 aromatic rings. The average Bonchev–Trinajstić information content (AvgIpc) is 2.39. The van der Waals surface area contributed by atoms with Gasteiger partial charge >= 0.3 is 5.97 Å². The van der Waals surface area contributed by atoms with Crippen LogP contribution >= 0.6 is 0 Å². The second-order valence-electron chi connectivity index (χ2n) is 3.29. The van der Waals surface area contributed by atoms with Gasteiger partial charge in [0.05, 0.1) is 19.2 Å². The first kappa shape index (κ1) is 15.7. The van der Waals surface area contributed by atoms with E-state index in [1.165, 1.54) is 12.2 Å². The average molecular weight is 251 g/mol. The quantitative estimate of drug-likeness (QED) is 0.257. The van der Waals surface area contributed by atoms with E-state index >= 15 is 0 Å². The Morgan fingerprint density at radius 3 is 2.44 bits per heavy atom. The van der Waals surface area contributed by atoms with Crippen molar-refractivity contribution < 1.29 is 19.1 Å². The van der Waals surface area contributed by atoms with Gasteiger partial charge in [-0.25, -0.2) is 19.6 Å². The number of nitrogens with zero attached hydrogens (tertiary/aromatic N) is 3. The predicted molar refractivity (Wildman–Crippen MR) is 59.9 cm³/mol. The number of hydrogen-bond acceptors (Lipinski definition) is 7. The Labute approximate surface area is 104 Å². The van der Waals surface area contributed by atoms with Crippen LogP contribution in [0.5, 0.6) is 0 Å². The highest BCUT2D eigenvalue weighted by molar-refractivity contribution is 5.75. The minimum atomic E-state index is -0.842. The van der Waals surface area contributed by atoms with E-state index in [-0.39, 0.29) is 13.2 Å². The summed E-state index contributed by atoms with van der Waals surface area (Å²) in [6, 6.07) is 1.84. The van der Waals surface area contributed by atoms with Crippen LogP contribution in [0.3, 0.4) is 0 Å². The van der Waals surface area contributed by atoms with E-state index < -0.39 is 11.9 Å². The van der Waals surface area contributed by atoms with E-state index in [0.717, 1.165) is 0 Å². The van der Waals surface area contributed by atoms with Gasteiger partial charge in [-0.2, -0.15) is 5.26 Å². The fraction of sp³-hybridized carbons (Fsp3) is 0.636. The second kappa shape index (κ2) is 11.2. The van der Waals surface area contributed by atoms with E-state index in [9.17, 15) is 14.4 Å². The summed E-state index contributed by atoms with van der Waals surface area (Å²) in [6.07, 6.45) is 4.27. The van der Waals surface area contributed by atoms with Crippen LogP contribution in [0.1, 0.15) is 19.3 Å². The largest absolute Gasteiger partial charge is 0.463 e. The van der Waals surface area contributed by atoms with Crippen molar-refractivity contribution in [3.05, 3.63) is 0 Å². The number of esters is 1. The molecule has 0 aliphatic heterocycles. The molecule has 7 nitrogen and oxygen atoms in total. The maximum atomic E-state index is 11.4. The molecule has 0 saturated carbocycles. The van der Waals surface area contributed by atoms with Crippen molar-refractivity contribution in [3.63, 3.8) is 0 Å². The first-order valence-electron chi connectivity index (χ1n) is 5.39. The van der Waals surface area contributed by atoms with E-state index in [0.29, 0.717) is 25.8 Å². The second-order valence-corrected chi connectivity index (χ2v) is 3.29. The molecule has 96 valence electrons. The third-order valence-corrected chi connectivity index (χ3v) is 2.03. The molecule has 0 radical (unpaired) electrons. The number of carbonyl (C=O) groups is 1. The normalized spacial score (nSPS) is 10.4. The lowest BCUT2D eigenvalue weighted by Crippen LogP contribution is -2.17. The fourth-order valence-electron chi connectivity index (χ4n) is 1.16. The number of isocyanates is 2. The van der Waals surface area contributed by atoms with Gasteiger partial charge in [-0.1, -0.05) is 0 Å². The predicted octanol–water partition coefficient (Wildman–Crippen LogP) is 0.511. The first-order valence-corrected chi connectivity index (χ1v) is 5.39. The number of ether oxygens (including phenoxy) is 1. The van der Waals surface area contributed by atoms with Crippen LogP contribution in [-0.2, 0) is 19.1 Å². The van der Waals surface area contributed by atoms with Crippen LogP contribution in [0.25, 0.3) is 0 Å². The monoisotopic (exact) mass is 251 g/mol. The molecule has 0 aliphatic rings. The summed E-state index contributed by atoms with van der Waals surface area (Å²) < 4.78 is 4.76. The van der Waals surface area contributed by atoms with E-state index in [2.05, 4.69) is 9.98 Å². The van der Waals surface area contributed by atoms with Crippen molar-refractivity contribution in [2.24, 2.45) is 15.9 Å². The Morgan fingerprint density at radius 1 is 1.17 bits per heavy atom. The van der Waals surface area contributed by atoms with Crippen molar-refractivity contribution in [2.75, 3.05) is 19.7 Å². The standard InChI is InChI=1S/C11H13N3O4/c12-7-10(3-1-2-4-13-8-15)11(17)18-6-5-14-9-16/h10H,1-6H2. The van der Waals surface area contributed by atoms with Gasteiger partial charge in [0.1, 0.15) is 12.5 Å².